The van der Waals surface area contributed by atoms with Crippen molar-refractivity contribution in [3.63, 3.8) is 0 Å². The van der Waals surface area contributed by atoms with Crippen molar-refractivity contribution in [3.05, 3.63) is 106 Å². The van der Waals surface area contributed by atoms with Crippen LogP contribution in [0.3, 0.4) is 0 Å². The first kappa shape index (κ1) is 38.3. The van der Waals surface area contributed by atoms with Crippen molar-refractivity contribution in [2.24, 2.45) is 0 Å². The number of hydrogen-bond donors (Lipinski definition) is 0. The first-order valence-electron chi connectivity index (χ1n) is 15.9. The minimum Gasteiger partial charge on any atom is -0.496 e. The van der Waals surface area contributed by atoms with Crippen molar-refractivity contribution in [1.82, 2.24) is 4.90 Å². The molecule has 1 fully saturated rings. The fourth-order valence-corrected chi connectivity index (χ4v) is 6.20. The summed E-state index contributed by atoms with van der Waals surface area (Å²) in [5.41, 5.74) is -2.76. The molecule has 5 rings (SSSR count). The van der Waals surface area contributed by atoms with Gasteiger partial charge in [0.2, 0.25) is 0 Å². The Hall–Kier alpha value is -5.93. The Bertz CT molecular complexity index is 2040. The maximum atomic E-state index is 15.3. The van der Waals surface area contributed by atoms with Gasteiger partial charge in [-0.3, -0.25) is 4.79 Å². The molecule has 3 aromatic rings. The van der Waals surface area contributed by atoms with E-state index in [0.29, 0.717) is 22.7 Å². The van der Waals surface area contributed by atoms with Gasteiger partial charge < -0.3 is 28.7 Å². The summed E-state index contributed by atoms with van der Waals surface area (Å²) >= 11 is 0. The van der Waals surface area contributed by atoms with E-state index in [4.69, 9.17) is 18.9 Å². The highest BCUT2D eigenvalue weighted by Gasteiger charge is 2.52. The van der Waals surface area contributed by atoms with Crippen molar-refractivity contribution >= 4 is 40.9 Å². The third kappa shape index (κ3) is 7.12. The highest BCUT2D eigenvalue weighted by atomic mass is 19.4. The molecule has 11 nitrogen and oxygen atoms in total. The van der Waals surface area contributed by atoms with Crippen LogP contribution in [0.4, 0.5) is 43.8 Å². The van der Waals surface area contributed by atoms with E-state index < -0.39 is 64.5 Å². The minimum absolute atomic E-state index is 0.0836. The van der Waals surface area contributed by atoms with Crippen LogP contribution in [0.5, 0.6) is 5.75 Å². The van der Waals surface area contributed by atoms with Crippen LogP contribution in [0, 0.1) is 11.6 Å². The van der Waals surface area contributed by atoms with E-state index in [0.717, 1.165) is 17.0 Å². The number of nitrogens with zero attached hydrogens (tertiary/aromatic N) is 3. The lowest BCUT2D eigenvalue weighted by Crippen LogP contribution is -2.44. The largest absolute Gasteiger partial charge is 0.496 e. The van der Waals surface area contributed by atoms with Gasteiger partial charge in [0.25, 0.3) is 5.91 Å². The van der Waals surface area contributed by atoms with Gasteiger partial charge in [0.1, 0.15) is 34.2 Å². The predicted octanol–water partition coefficient (Wildman–Crippen LogP) is 7.07. The summed E-state index contributed by atoms with van der Waals surface area (Å²) in [6.45, 7) is 2.43. The summed E-state index contributed by atoms with van der Waals surface area (Å²) in [5.74, 6) is -4.26. The third-order valence-corrected chi connectivity index (χ3v) is 8.97. The number of imide groups is 1. The second kappa shape index (κ2) is 14.6. The van der Waals surface area contributed by atoms with Gasteiger partial charge in [-0.15, -0.1) is 0 Å². The van der Waals surface area contributed by atoms with Crippen LogP contribution >= 0.6 is 0 Å². The normalized spacial score (nSPS) is 16.9. The molecule has 0 spiro atoms. The average molecular weight is 744 g/mol. The summed E-state index contributed by atoms with van der Waals surface area (Å²) in [4.78, 5) is 55.9. The number of methoxy groups -OCH3 is 4. The van der Waals surface area contributed by atoms with Crippen LogP contribution in [0.25, 0.3) is 0 Å². The number of esters is 2. The molecule has 1 heterocycles. The number of amides is 3. The van der Waals surface area contributed by atoms with Gasteiger partial charge in [0.15, 0.2) is 0 Å². The Morgan fingerprint density at radius 1 is 0.906 bits per heavy atom. The van der Waals surface area contributed by atoms with Crippen molar-refractivity contribution in [3.8, 4) is 5.75 Å². The Balaban J connectivity index is 1.65. The van der Waals surface area contributed by atoms with Gasteiger partial charge in [-0.25, -0.2) is 28.1 Å². The van der Waals surface area contributed by atoms with Crippen LogP contribution in [-0.4, -0.2) is 68.8 Å². The standard InChI is InChI=1S/C37H34F5N3O8/c1-36(2)34(48)45(22-11-14-28(39)27(16-22)37(40,41)42)35(49)43(36)19-20-7-8-21(38)15-29(20)44(23-9-12-25(32(46)52-5)30(17-23)50-3)24-10-13-26(33(47)53-6)31(18-24)51-4/h7-9,11-18,24H,10,19H2,1-6H3. The van der Waals surface area contributed by atoms with Crippen molar-refractivity contribution in [1.29, 1.82) is 0 Å². The average Bonchev–Trinajstić information content (AvgIpc) is 3.29. The van der Waals surface area contributed by atoms with Crippen molar-refractivity contribution in [2.75, 3.05) is 38.2 Å². The molecule has 1 atom stereocenters. The maximum absolute atomic E-state index is 15.3. The number of benzene rings is 3. The molecular weight excluding hydrogens is 709 g/mol. The summed E-state index contributed by atoms with van der Waals surface area (Å²) in [5, 5.41) is 0. The van der Waals surface area contributed by atoms with Gasteiger partial charge in [-0.2, -0.15) is 13.2 Å². The molecule has 3 amide bonds. The highest BCUT2D eigenvalue weighted by Crippen LogP contribution is 2.42. The smallest absolute Gasteiger partial charge is 0.419 e. The number of carbonyl (C=O) groups excluding carboxylic acids is 4. The second-order valence-corrected chi connectivity index (χ2v) is 12.4. The van der Waals surface area contributed by atoms with Gasteiger partial charge in [0, 0.05) is 17.4 Å². The Morgan fingerprint density at radius 3 is 2.23 bits per heavy atom. The molecule has 0 aromatic heterocycles. The van der Waals surface area contributed by atoms with Crippen LogP contribution in [0.15, 0.2) is 78.1 Å². The Labute approximate surface area is 300 Å². The third-order valence-electron chi connectivity index (χ3n) is 8.97. The first-order valence-corrected chi connectivity index (χ1v) is 15.9. The van der Waals surface area contributed by atoms with E-state index in [2.05, 4.69) is 0 Å². The summed E-state index contributed by atoms with van der Waals surface area (Å²) in [6.07, 6.45) is -1.79. The lowest BCUT2D eigenvalue weighted by atomic mass is 9.96. The zero-order chi connectivity index (χ0) is 39.0. The molecule has 16 heteroatoms. The molecule has 2 aliphatic rings. The molecule has 53 heavy (non-hydrogen) atoms. The number of carbonyl (C=O) groups is 4. The van der Waals surface area contributed by atoms with E-state index in [9.17, 15) is 36.7 Å². The number of urea groups is 1. The predicted molar refractivity (Wildman–Crippen MR) is 180 cm³/mol. The van der Waals surface area contributed by atoms with Crippen molar-refractivity contribution < 1.29 is 60.1 Å². The Kier molecular flexibility index (Phi) is 10.5. The number of anilines is 3. The number of ether oxygens (including phenoxy) is 4. The molecule has 0 radical (unpaired) electrons. The first-order chi connectivity index (χ1) is 25.0. The van der Waals surface area contributed by atoms with Gasteiger partial charge in [-0.05, 0) is 74.4 Å². The quantitative estimate of drug-likeness (QED) is 0.122. The number of rotatable bonds is 10. The minimum atomic E-state index is -5.10. The fourth-order valence-electron chi connectivity index (χ4n) is 6.20. The molecule has 3 aromatic carbocycles. The molecule has 0 saturated carbocycles. The molecule has 1 aliphatic carbocycles. The topological polar surface area (TPSA) is 115 Å². The monoisotopic (exact) mass is 743 g/mol. The van der Waals surface area contributed by atoms with Crippen molar-refractivity contribution in [2.45, 2.75) is 44.6 Å². The van der Waals surface area contributed by atoms with Crippen LogP contribution < -0.4 is 14.5 Å². The highest BCUT2D eigenvalue weighted by molar-refractivity contribution is 6.23. The molecule has 0 N–H and O–H groups in total. The van der Waals surface area contributed by atoms with E-state index in [1.807, 2.05) is 0 Å². The summed E-state index contributed by atoms with van der Waals surface area (Å²) in [6, 6.07) is 8.27. The van der Waals surface area contributed by atoms with Gasteiger partial charge >= 0.3 is 24.1 Å². The van der Waals surface area contributed by atoms with E-state index in [1.54, 1.807) is 23.1 Å². The fraction of sp³-hybridized carbons (Fsp3) is 0.297. The zero-order valence-electron chi connectivity index (χ0n) is 29.3. The summed E-state index contributed by atoms with van der Waals surface area (Å²) in [7, 11) is 5.09. The van der Waals surface area contributed by atoms with E-state index in [1.165, 1.54) is 66.6 Å². The molecule has 280 valence electrons. The van der Waals surface area contributed by atoms with E-state index in [-0.39, 0.29) is 46.9 Å². The molecule has 1 aliphatic heterocycles. The molecular formula is C37H34F5N3O8. The maximum Gasteiger partial charge on any atom is 0.419 e. The number of hydrogen-bond acceptors (Lipinski definition) is 9. The number of halogens is 5. The second-order valence-electron chi connectivity index (χ2n) is 12.4. The SMILES string of the molecule is COC(=O)C1=CCC(N(c2ccc(C(=O)OC)c(OC)c2)c2cc(F)ccc2CN2C(=O)N(c3ccc(F)c(C(F)(F)F)c3)C(=O)C2(C)C)C=C1OC. The summed E-state index contributed by atoms with van der Waals surface area (Å²) < 4.78 is 90.9. The van der Waals surface area contributed by atoms with Gasteiger partial charge in [0.05, 0.1) is 57.8 Å². The van der Waals surface area contributed by atoms with Gasteiger partial charge in [-0.1, -0.05) is 12.1 Å². The molecule has 0 bridgehead atoms. The Morgan fingerprint density at radius 2 is 1.60 bits per heavy atom. The number of alkyl halides is 3. The van der Waals surface area contributed by atoms with E-state index >= 15 is 4.39 Å². The lowest BCUT2D eigenvalue weighted by molar-refractivity contribution is -0.140. The zero-order valence-corrected chi connectivity index (χ0v) is 29.3. The lowest BCUT2D eigenvalue weighted by Gasteiger charge is -2.36. The van der Waals surface area contributed by atoms with Crippen LogP contribution in [0.1, 0.15) is 41.8 Å². The van der Waals surface area contributed by atoms with Crippen LogP contribution in [-0.2, 0) is 36.5 Å². The van der Waals surface area contributed by atoms with Crippen LogP contribution in [0.2, 0.25) is 0 Å². The molecule has 1 saturated heterocycles. The molecule has 1 unspecified atom stereocenters.